The number of hydrogen-bond donors (Lipinski definition) is 0. The van der Waals surface area contributed by atoms with E-state index in [-0.39, 0.29) is 25.8 Å². The third-order valence-electron chi connectivity index (χ3n) is 5.38. The molecule has 3 aromatic heterocycles. The molecule has 0 amide bonds. The zero-order valence-corrected chi connectivity index (χ0v) is 32.9. The van der Waals surface area contributed by atoms with Gasteiger partial charge in [0.25, 0.3) is 17.2 Å². The maximum atomic E-state index is 7.75. The number of halogens is 6. The van der Waals surface area contributed by atoms with Crippen molar-refractivity contribution in [2.75, 3.05) is 0 Å². The summed E-state index contributed by atoms with van der Waals surface area (Å²) in [6.07, 6.45) is 5.08. The van der Waals surface area contributed by atoms with Crippen LogP contribution < -0.4 is 0 Å². The molecule has 40 heavy (non-hydrogen) atoms. The Kier molecular flexibility index (Phi) is 12.6. The fourth-order valence-electron chi connectivity index (χ4n) is 3.51. The van der Waals surface area contributed by atoms with Gasteiger partial charge in [0.15, 0.2) is 16.6 Å². The molecular formula is C27H18Br6InN3O3+6. The second kappa shape index (κ2) is 15.0. The van der Waals surface area contributed by atoms with Crippen LogP contribution in [-0.4, -0.2) is 56.1 Å². The molecule has 198 valence electrons. The minimum atomic E-state index is 0. The van der Waals surface area contributed by atoms with Gasteiger partial charge >= 0.3 is 25.8 Å². The predicted octanol–water partition coefficient (Wildman–Crippen LogP) is 9.21. The van der Waals surface area contributed by atoms with E-state index in [1.165, 1.54) is 0 Å². The van der Waals surface area contributed by atoms with E-state index >= 15 is 0 Å². The number of hydrogen-bond acceptors (Lipinski definition) is 3. The smallest absolute Gasteiger partial charge is 0.591 e. The van der Waals surface area contributed by atoms with Crippen LogP contribution in [0.5, 0.6) is 17.2 Å². The van der Waals surface area contributed by atoms with Gasteiger partial charge in [0.2, 0.25) is 0 Å². The minimum Gasteiger partial charge on any atom is -0.591 e. The Labute approximate surface area is 298 Å². The molecule has 3 heterocycles. The topological polar surface area (TPSA) is 107 Å². The summed E-state index contributed by atoms with van der Waals surface area (Å²) in [5.41, 5.74) is 2.14. The maximum absolute atomic E-state index is 7.75. The molecule has 0 aliphatic heterocycles. The average Bonchev–Trinajstić information content (AvgIpc) is 2.94. The van der Waals surface area contributed by atoms with E-state index < -0.39 is 0 Å². The van der Waals surface area contributed by atoms with Crippen molar-refractivity contribution in [2.24, 2.45) is 0 Å². The molecule has 13 heteroatoms. The number of fused-ring (bicyclic) bond motifs is 3. The van der Waals surface area contributed by atoms with Crippen molar-refractivity contribution < 1.29 is 15.3 Å². The molecule has 6 nitrogen and oxygen atoms in total. The number of pyridine rings is 3. The van der Waals surface area contributed by atoms with Crippen molar-refractivity contribution in [3.8, 4) is 17.2 Å². The van der Waals surface area contributed by atoms with Crippen molar-refractivity contribution in [1.29, 1.82) is 0 Å². The van der Waals surface area contributed by atoms with Crippen LogP contribution in [-0.2, 0) is 0 Å². The zero-order chi connectivity index (χ0) is 28.3. The van der Waals surface area contributed by atoms with E-state index in [1.807, 2.05) is 54.6 Å². The second-order valence-electron chi connectivity index (χ2n) is 7.84. The first-order valence-electron chi connectivity index (χ1n) is 10.9. The quantitative estimate of drug-likeness (QED) is 0.142. The number of nitrogens with zero attached hydrogens (tertiary/aromatic N) is 3. The summed E-state index contributed by atoms with van der Waals surface area (Å²) in [5.74, 6) is 1.29. The number of rotatable bonds is 0. The first-order chi connectivity index (χ1) is 18.6. The maximum Gasteiger partial charge on any atom is 3.00 e. The van der Waals surface area contributed by atoms with Crippen molar-refractivity contribution in [2.45, 2.75) is 0 Å². The van der Waals surface area contributed by atoms with Gasteiger partial charge in [0.05, 0.1) is 0 Å². The van der Waals surface area contributed by atoms with Crippen molar-refractivity contribution >= 4 is 154 Å². The molecule has 6 rings (SSSR count). The van der Waals surface area contributed by atoms with Crippen molar-refractivity contribution in [3.63, 3.8) is 0 Å². The Bertz CT molecular complexity index is 1630. The van der Waals surface area contributed by atoms with Gasteiger partial charge in [0, 0.05) is 48.2 Å². The van der Waals surface area contributed by atoms with Gasteiger partial charge in [0.1, 0.15) is 13.4 Å². The molecule has 6 N–H and O–H groups in total. The molecule has 3 aromatic carbocycles. The summed E-state index contributed by atoms with van der Waals surface area (Å²) in [6.45, 7) is 0. The monoisotopic (exact) mass is 1020 g/mol. The van der Waals surface area contributed by atoms with Crippen LogP contribution in [0.3, 0.4) is 0 Å². The van der Waals surface area contributed by atoms with Gasteiger partial charge in [-0.3, -0.25) is 0 Å². The summed E-state index contributed by atoms with van der Waals surface area (Å²) >= 11 is 20.2. The SMILES string of the molecule is [In+3].[OH2+]c1c(Br)cc(Br)c2cccnc12.[OH2+]c1c(Br)cc(Br)c2cccnc12.[OH2+]c1c(Br)cc(Br)c2cccnc12. The van der Waals surface area contributed by atoms with E-state index in [9.17, 15) is 0 Å². The Morgan fingerprint density at radius 2 is 0.675 bits per heavy atom. The standard InChI is InChI=1S/3C9H5Br2NO.In/c3*10-6-4-7(11)9(13)8-5(6)2-1-3-12-8;/h3*1-4,13H;/q;;;+3/p+3. The molecule has 0 spiro atoms. The first kappa shape index (κ1) is 33.5. The third kappa shape index (κ3) is 7.51. The Morgan fingerprint density at radius 3 is 0.925 bits per heavy atom. The van der Waals surface area contributed by atoms with Crippen LogP contribution in [0.15, 0.2) is 100 Å². The Morgan fingerprint density at radius 1 is 0.425 bits per heavy atom. The van der Waals surface area contributed by atoms with Gasteiger partial charge in [-0.2, -0.15) is 0 Å². The summed E-state index contributed by atoms with van der Waals surface area (Å²) in [5, 5.41) is 26.2. The first-order valence-corrected chi connectivity index (χ1v) is 15.7. The Balaban J connectivity index is 0.000000163. The van der Waals surface area contributed by atoms with Crippen LogP contribution in [0.1, 0.15) is 0 Å². The predicted molar refractivity (Wildman–Crippen MR) is 186 cm³/mol. The fourth-order valence-corrected chi connectivity index (χ4v) is 7.33. The molecular weight excluding hydrogens is 1010 g/mol. The zero-order valence-electron chi connectivity index (χ0n) is 20.1. The van der Waals surface area contributed by atoms with Crippen molar-refractivity contribution in [1.82, 2.24) is 15.0 Å². The van der Waals surface area contributed by atoms with Gasteiger partial charge in [-0.05, 0) is 102 Å². The van der Waals surface area contributed by atoms with E-state index in [4.69, 9.17) is 15.3 Å². The second-order valence-corrected chi connectivity index (χ2v) is 13.0. The summed E-state index contributed by atoms with van der Waals surface area (Å²) < 4.78 is 5.14. The van der Waals surface area contributed by atoms with Gasteiger partial charge in [-0.1, -0.05) is 47.8 Å². The van der Waals surface area contributed by atoms with Gasteiger partial charge in [-0.15, -0.1) is 0 Å². The molecule has 0 aliphatic carbocycles. The van der Waals surface area contributed by atoms with Crippen LogP contribution >= 0.6 is 95.6 Å². The largest absolute Gasteiger partial charge is 3.00 e. The molecule has 0 saturated heterocycles. The van der Waals surface area contributed by atoms with Crippen molar-refractivity contribution in [3.05, 3.63) is 100 Å². The summed E-state index contributed by atoms with van der Waals surface area (Å²) in [7, 11) is 0. The molecule has 0 fully saturated rings. The molecule has 0 bridgehead atoms. The van der Waals surface area contributed by atoms with E-state index in [1.54, 1.807) is 18.6 Å². The normalized spacial score (nSPS) is 10.3. The van der Waals surface area contributed by atoms with Crippen LogP contribution in [0.2, 0.25) is 0 Å². The van der Waals surface area contributed by atoms with E-state index in [0.29, 0.717) is 33.8 Å². The molecule has 0 unspecified atom stereocenters. The molecule has 0 saturated carbocycles. The fraction of sp³-hybridized carbons (Fsp3) is 0. The van der Waals surface area contributed by atoms with Crippen LogP contribution in [0.25, 0.3) is 32.7 Å². The molecule has 0 atom stereocenters. The van der Waals surface area contributed by atoms with Crippen LogP contribution in [0.4, 0.5) is 0 Å². The summed E-state index contributed by atoms with van der Waals surface area (Å²) in [6, 6.07) is 17.0. The summed E-state index contributed by atoms with van der Waals surface area (Å²) in [4.78, 5) is 12.5. The number of benzene rings is 3. The van der Waals surface area contributed by atoms with E-state index in [0.717, 1.165) is 43.0 Å². The van der Waals surface area contributed by atoms with E-state index in [2.05, 4.69) is 111 Å². The Hall–Kier alpha value is -0.960. The van der Waals surface area contributed by atoms with Crippen LogP contribution in [0, 0.1) is 0 Å². The minimum absolute atomic E-state index is 0. The molecule has 0 radical (unpaired) electrons. The van der Waals surface area contributed by atoms with Gasteiger partial charge in [-0.25, -0.2) is 15.0 Å². The third-order valence-corrected chi connectivity index (χ3v) is 9.23. The average molecular weight is 1030 g/mol. The molecule has 6 aromatic rings. The molecule has 0 aliphatic rings. The van der Waals surface area contributed by atoms with Gasteiger partial charge < -0.3 is 15.3 Å². The number of aromatic nitrogens is 3.